The van der Waals surface area contributed by atoms with E-state index in [1.807, 2.05) is 0 Å². The normalized spacial score (nSPS) is 19.5. The zero-order chi connectivity index (χ0) is 10.1. The maximum atomic E-state index is 5.32. The van der Waals surface area contributed by atoms with Gasteiger partial charge in [0, 0.05) is 6.42 Å². The Labute approximate surface area is 84.8 Å². The van der Waals surface area contributed by atoms with Gasteiger partial charge >= 0.3 is 0 Å². The highest BCUT2D eigenvalue weighted by atomic mass is 16.6. The van der Waals surface area contributed by atoms with Crippen LogP contribution in [-0.4, -0.2) is 19.8 Å². The summed E-state index contributed by atoms with van der Waals surface area (Å²) in [6.45, 7) is 5.09. The van der Waals surface area contributed by atoms with Crippen molar-refractivity contribution in [3.05, 3.63) is 28.8 Å². The fourth-order valence-electron chi connectivity index (χ4n) is 1.93. The number of hydrogen-bond acceptors (Lipinski definition) is 2. The number of benzene rings is 1. The highest BCUT2D eigenvalue weighted by Gasteiger charge is 2.23. The van der Waals surface area contributed by atoms with E-state index in [-0.39, 0.29) is 0 Å². The maximum Gasteiger partial charge on any atom is 0.124 e. The quantitative estimate of drug-likeness (QED) is 0.685. The second-order valence-corrected chi connectivity index (χ2v) is 3.92. The zero-order valence-electron chi connectivity index (χ0n) is 8.96. The van der Waals surface area contributed by atoms with Gasteiger partial charge in [0.05, 0.1) is 19.8 Å². The monoisotopic (exact) mass is 192 g/mol. The van der Waals surface area contributed by atoms with E-state index in [1.54, 1.807) is 7.11 Å². The molecule has 1 saturated heterocycles. The summed E-state index contributed by atoms with van der Waals surface area (Å²) in [7, 11) is 1.72. The van der Waals surface area contributed by atoms with Crippen molar-refractivity contribution >= 4 is 0 Å². The lowest BCUT2D eigenvalue weighted by molar-refractivity contribution is 0.404. The van der Waals surface area contributed by atoms with Gasteiger partial charge in [-0.1, -0.05) is 12.1 Å². The molecule has 2 nitrogen and oxygen atoms in total. The molecule has 0 N–H and O–H groups in total. The number of rotatable bonds is 3. The second kappa shape index (κ2) is 3.62. The summed E-state index contributed by atoms with van der Waals surface area (Å²) in [6, 6.07) is 4.38. The highest BCUT2D eigenvalue weighted by molar-refractivity contribution is 5.43. The SMILES string of the molecule is COc1c(C)cc(CC2CO2)cc1C. The Hall–Kier alpha value is -1.02. The molecular weight excluding hydrogens is 176 g/mol. The summed E-state index contributed by atoms with van der Waals surface area (Å²) >= 11 is 0. The van der Waals surface area contributed by atoms with Gasteiger partial charge < -0.3 is 9.47 Å². The van der Waals surface area contributed by atoms with Crippen LogP contribution in [-0.2, 0) is 11.2 Å². The molecule has 0 aromatic heterocycles. The molecule has 0 aliphatic carbocycles. The zero-order valence-corrected chi connectivity index (χ0v) is 8.96. The molecule has 1 aromatic rings. The largest absolute Gasteiger partial charge is 0.496 e. The van der Waals surface area contributed by atoms with Gasteiger partial charge in [-0.3, -0.25) is 0 Å². The maximum absolute atomic E-state index is 5.32. The van der Waals surface area contributed by atoms with E-state index in [0.717, 1.165) is 18.8 Å². The van der Waals surface area contributed by atoms with Gasteiger partial charge in [-0.25, -0.2) is 0 Å². The first-order chi connectivity index (χ1) is 6.70. The molecule has 14 heavy (non-hydrogen) atoms. The van der Waals surface area contributed by atoms with Crippen LogP contribution in [0.4, 0.5) is 0 Å². The third kappa shape index (κ3) is 1.90. The van der Waals surface area contributed by atoms with Crippen molar-refractivity contribution in [2.45, 2.75) is 26.4 Å². The van der Waals surface area contributed by atoms with Crippen LogP contribution in [0.15, 0.2) is 12.1 Å². The molecule has 2 heteroatoms. The van der Waals surface area contributed by atoms with Crippen molar-refractivity contribution in [1.82, 2.24) is 0 Å². The Balaban J connectivity index is 2.25. The first kappa shape index (κ1) is 9.53. The third-order valence-electron chi connectivity index (χ3n) is 2.59. The van der Waals surface area contributed by atoms with Gasteiger partial charge in [-0.15, -0.1) is 0 Å². The molecule has 1 unspecified atom stereocenters. The average molecular weight is 192 g/mol. The average Bonchev–Trinajstić information content (AvgIpc) is 2.87. The number of methoxy groups -OCH3 is 1. The minimum Gasteiger partial charge on any atom is -0.496 e. The Morgan fingerprint density at radius 1 is 1.36 bits per heavy atom. The molecule has 0 saturated carbocycles. The molecule has 1 aliphatic heterocycles. The molecule has 1 heterocycles. The highest BCUT2D eigenvalue weighted by Crippen LogP contribution is 2.26. The van der Waals surface area contributed by atoms with E-state index >= 15 is 0 Å². The lowest BCUT2D eigenvalue weighted by Gasteiger charge is -2.10. The van der Waals surface area contributed by atoms with Gasteiger partial charge in [0.25, 0.3) is 0 Å². The summed E-state index contributed by atoms with van der Waals surface area (Å²) in [4.78, 5) is 0. The molecule has 1 aliphatic rings. The Kier molecular flexibility index (Phi) is 2.46. The van der Waals surface area contributed by atoms with E-state index in [1.165, 1.54) is 16.7 Å². The van der Waals surface area contributed by atoms with Crippen LogP contribution in [0.25, 0.3) is 0 Å². The number of aryl methyl sites for hydroxylation is 2. The molecule has 0 bridgehead atoms. The summed E-state index contributed by atoms with van der Waals surface area (Å²) in [5.74, 6) is 1.01. The van der Waals surface area contributed by atoms with Gasteiger partial charge in [-0.05, 0) is 30.5 Å². The fourth-order valence-corrected chi connectivity index (χ4v) is 1.93. The molecule has 0 amide bonds. The minimum absolute atomic E-state index is 0.460. The number of epoxide rings is 1. The number of ether oxygens (including phenoxy) is 2. The van der Waals surface area contributed by atoms with E-state index in [0.29, 0.717) is 6.10 Å². The van der Waals surface area contributed by atoms with E-state index in [4.69, 9.17) is 9.47 Å². The molecule has 2 rings (SSSR count). The van der Waals surface area contributed by atoms with Crippen LogP contribution in [0.5, 0.6) is 5.75 Å². The summed E-state index contributed by atoms with van der Waals surface area (Å²) in [5.41, 5.74) is 3.77. The molecule has 0 radical (unpaired) electrons. The smallest absolute Gasteiger partial charge is 0.124 e. The molecule has 1 fully saturated rings. The Morgan fingerprint density at radius 3 is 2.36 bits per heavy atom. The molecule has 0 spiro atoms. The topological polar surface area (TPSA) is 21.8 Å². The van der Waals surface area contributed by atoms with Gasteiger partial charge in [0.1, 0.15) is 5.75 Å². The molecule has 76 valence electrons. The van der Waals surface area contributed by atoms with Crippen LogP contribution in [0.1, 0.15) is 16.7 Å². The van der Waals surface area contributed by atoms with E-state index < -0.39 is 0 Å². The van der Waals surface area contributed by atoms with E-state index in [9.17, 15) is 0 Å². The lowest BCUT2D eigenvalue weighted by Crippen LogP contribution is -1.97. The van der Waals surface area contributed by atoms with Crippen molar-refractivity contribution in [3.8, 4) is 5.75 Å². The van der Waals surface area contributed by atoms with Crippen molar-refractivity contribution in [2.75, 3.05) is 13.7 Å². The van der Waals surface area contributed by atoms with Crippen LogP contribution in [0, 0.1) is 13.8 Å². The molecular formula is C12H16O2. The summed E-state index contributed by atoms with van der Waals surface area (Å²) in [5, 5.41) is 0. The first-order valence-electron chi connectivity index (χ1n) is 4.96. The lowest BCUT2D eigenvalue weighted by atomic mass is 10.0. The van der Waals surface area contributed by atoms with Crippen LogP contribution < -0.4 is 4.74 Å². The van der Waals surface area contributed by atoms with Crippen LogP contribution in [0.3, 0.4) is 0 Å². The first-order valence-corrected chi connectivity index (χ1v) is 4.96. The van der Waals surface area contributed by atoms with E-state index in [2.05, 4.69) is 26.0 Å². The Bertz CT molecular complexity index is 317. The number of hydrogen-bond donors (Lipinski definition) is 0. The molecule has 1 atom stereocenters. The van der Waals surface area contributed by atoms with Gasteiger partial charge in [0.15, 0.2) is 0 Å². The predicted octanol–water partition coefficient (Wildman–Crippen LogP) is 2.25. The minimum atomic E-state index is 0.460. The standard InChI is InChI=1S/C12H16O2/c1-8-4-10(6-11-7-14-11)5-9(2)12(8)13-3/h4-5,11H,6-7H2,1-3H3. The van der Waals surface area contributed by atoms with Crippen molar-refractivity contribution in [3.63, 3.8) is 0 Å². The van der Waals surface area contributed by atoms with Gasteiger partial charge in [-0.2, -0.15) is 0 Å². The Morgan fingerprint density at radius 2 is 1.93 bits per heavy atom. The summed E-state index contributed by atoms with van der Waals surface area (Å²) < 4.78 is 10.5. The second-order valence-electron chi connectivity index (χ2n) is 3.92. The molecule has 1 aromatic carbocycles. The van der Waals surface area contributed by atoms with Crippen LogP contribution >= 0.6 is 0 Å². The summed E-state index contributed by atoms with van der Waals surface area (Å²) in [6.07, 6.45) is 1.49. The third-order valence-corrected chi connectivity index (χ3v) is 2.59. The van der Waals surface area contributed by atoms with Crippen molar-refractivity contribution < 1.29 is 9.47 Å². The van der Waals surface area contributed by atoms with Crippen molar-refractivity contribution in [1.29, 1.82) is 0 Å². The predicted molar refractivity (Wildman–Crippen MR) is 55.9 cm³/mol. The van der Waals surface area contributed by atoms with Gasteiger partial charge in [0.2, 0.25) is 0 Å². The van der Waals surface area contributed by atoms with Crippen molar-refractivity contribution in [2.24, 2.45) is 0 Å². The van der Waals surface area contributed by atoms with Crippen LogP contribution in [0.2, 0.25) is 0 Å². The fraction of sp³-hybridized carbons (Fsp3) is 0.500.